The predicted molar refractivity (Wildman–Crippen MR) is 66.7 cm³/mol. The molecule has 16 heavy (non-hydrogen) atoms. The minimum atomic E-state index is 0.794. The van der Waals surface area contributed by atoms with E-state index in [0.29, 0.717) is 0 Å². The highest BCUT2D eigenvalue weighted by Crippen LogP contribution is 2.10. The molecule has 0 saturated heterocycles. The van der Waals surface area contributed by atoms with E-state index in [1.807, 2.05) is 18.2 Å². The van der Waals surface area contributed by atoms with Gasteiger partial charge >= 0.3 is 0 Å². The third-order valence-corrected chi connectivity index (χ3v) is 2.88. The number of rotatable bonds is 2. The molecule has 2 rings (SSSR count). The number of benzene rings is 1. The maximum absolute atomic E-state index is 5.97. The molecule has 1 aromatic carbocycles. The summed E-state index contributed by atoms with van der Waals surface area (Å²) in [4.78, 5) is 0. The quantitative estimate of drug-likeness (QED) is 0.700. The molecular formula is C14H15ClN+. The highest BCUT2D eigenvalue weighted by Gasteiger charge is 2.07. The Bertz CT molecular complexity index is 506. The minimum absolute atomic E-state index is 0.794. The molecule has 0 atom stereocenters. The van der Waals surface area contributed by atoms with Crippen LogP contribution < -0.4 is 4.57 Å². The van der Waals surface area contributed by atoms with Gasteiger partial charge in [0.1, 0.15) is 0 Å². The van der Waals surface area contributed by atoms with Crippen LogP contribution in [0.25, 0.3) is 0 Å². The van der Waals surface area contributed by atoms with Gasteiger partial charge in [-0.25, -0.2) is 0 Å². The number of pyridine rings is 1. The smallest absolute Gasteiger partial charge is 0.178 e. The van der Waals surface area contributed by atoms with E-state index in [-0.39, 0.29) is 0 Å². The van der Waals surface area contributed by atoms with E-state index >= 15 is 0 Å². The Hall–Kier alpha value is -1.34. The van der Waals surface area contributed by atoms with Crippen molar-refractivity contribution in [3.63, 3.8) is 0 Å². The van der Waals surface area contributed by atoms with Crippen LogP contribution in [0.5, 0.6) is 0 Å². The van der Waals surface area contributed by atoms with Gasteiger partial charge in [-0.15, -0.1) is 0 Å². The van der Waals surface area contributed by atoms with Crippen molar-refractivity contribution >= 4 is 11.6 Å². The van der Waals surface area contributed by atoms with Crippen molar-refractivity contribution in [3.8, 4) is 0 Å². The maximum atomic E-state index is 5.97. The molecule has 2 aromatic rings. The lowest BCUT2D eigenvalue weighted by molar-refractivity contribution is -0.694. The first-order valence-corrected chi connectivity index (χ1v) is 5.74. The van der Waals surface area contributed by atoms with E-state index in [0.717, 1.165) is 11.6 Å². The SMILES string of the molecule is Cc1cc[n+](Cc2cccc(Cl)c2)c(C)c1. The Morgan fingerprint density at radius 1 is 1.12 bits per heavy atom. The Labute approximate surface area is 101 Å². The van der Waals surface area contributed by atoms with Gasteiger partial charge in [0.2, 0.25) is 0 Å². The standard InChI is InChI=1S/C14H15ClN/c1-11-6-7-16(12(2)8-11)10-13-4-3-5-14(15)9-13/h3-9H,10H2,1-2H3/q+1. The summed E-state index contributed by atoms with van der Waals surface area (Å²) < 4.78 is 2.22. The first-order chi connectivity index (χ1) is 7.65. The van der Waals surface area contributed by atoms with Crippen molar-refractivity contribution < 1.29 is 4.57 Å². The summed E-state index contributed by atoms with van der Waals surface area (Å²) in [7, 11) is 0. The molecular weight excluding hydrogens is 218 g/mol. The lowest BCUT2D eigenvalue weighted by Gasteiger charge is -2.02. The number of aromatic nitrogens is 1. The Kier molecular flexibility index (Phi) is 3.25. The van der Waals surface area contributed by atoms with E-state index in [4.69, 9.17) is 11.6 Å². The van der Waals surface area contributed by atoms with E-state index < -0.39 is 0 Å². The second-order valence-corrected chi connectivity index (χ2v) is 4.54. The number of halogens is 1. The maximum Gasteiger partial charge on any atom is 0.178 e. The zero-order chi connectivity index (χ0) is 11.5. The van der Waals surface area contributed by atoms with Gasteiger partial charge in [0.05, 0.1) is 0 Å². The Morgan fingerprint density at radius 2 is 1.94 bits per heavy atom. The zero-order valence-corrected chi connectivity index (χ0v) is 10.3. The van der Waals surface area contributed by atoms with Crippen LogP contribution in [0, 0.1) is 13.8 Å². The molecule has 0 saturated carbocycles. The fraction of sp³-hybridized carbons (Fsp3) is 0.214. The van der Waals surface area contributed by atoms with Crippen molar-refractivity contribution in [1.29, 1.82) is 0 Å². The van der Waals surface area contributed by atoms with Gasteiger partial charge in [0, 0.05) is 29.6 Å². The molecule has 0 bridgehead atoms. The highest BCUT2D eigenvalue weighted by atomic mass is 35.5. The summed E-state index contributed by atoms with van der Waals surface area (Å²) in [5.74, 6) is 0. The van der Waals surface area contributed by atoms with E-state index in [9.17, 15) is 0 Å². The van der Waals surface area contributed by atoms with Gasteiger partial charge in [0.25, 0.3) is 0 Å². The Morgan fingerprint density at radius 3 is 2.62 bits per heavy atom. The molecule has 0 aliphatic rings. The third-order valence-electron chi connectivity index (χ3n) is 2.65. The summed E-state index contributed by atoms with van der Waals surface area (Å²) >= 11 is 5.97. The number of aryl methyl sites for hydroxylation is 2. The Balaban J connectivity index is 2.27. The summed E-state index contributed by atoms with van der Waals surface area (Å²) in [6.45, 7) is 5.10. The first kappa shape index (κ1) is 11.2. The zero-order valence-electron chi connectivity index (χ0n) is 9.57. The van der Waals surface area contributed by atoms with Crippen molar-refractivity contribution in [2.24, 2.45) is 0 Å². The minimum Gasteiger partial charge on any atom is -0.198 e. The van der Waals surface area contributed by atoms with Gasteiger partial charge in [-0.3, -0.25) is 0 Å². The van der Waals surface area contributed by atoms with Crippen molar-refractivity contribution in [2.45, 2.75) is 20.4 Å². The van der Waals surface area contributed by atoms with E-state index in [1.54, 1.807) is 0 Å². The van der Waals surface area contributed by atoms with Crippen LogP contribution in [0.15, 0.2) is 42.6 Å². The molecule has 0 fully saturated rings. The van der Waals surface area contributed by atoms with Gasteiger partial charge < -0.3 is 0 Å². The molecule has 0 N–H and O–H groups in total. The summed E-state index contributed by atoms with van der Waals surface area (Å²) in [5.41, 5.74) is 3.78. The summed E-state index contributed by atoms with van der Waals surface area (Å²) in [6, 6.07) is 12.3. The highest BCUT2D eigenvalue weighted by molar-refractivity contribution is 6.30. The fourth-order valence-corrected chi connectivity index (χ4v) is 2.01. The molecule has 0 aliphatic carbocycles. The van der Waals surface area contributed by atoms with Crippen LogP contribution in [-0.2, 0) is 6.54 Å². The van der Waals surface area contributed by atoms with Gasteiger partial charge in [-0.1, -0.05) is 23.7 Å². The molecule has 0 radical (unpaired) electrons. The predicted octanol–water partition coefficient (Wildman–Crippen LogP) is 3.29. The molecule has 1 aromatic heterocycles. The molecule has 2 heteroatoms. The summed E-state index contributed by atoms with van der Waals surface area (Å²) in [5, 5.41) is 0.794. The average Bonchev–Trinajstić information content (AvgIpc) is 2.22. The molecule has 0 amide bonds. The molecule has 1 nitrogen and oxygen atoms in total. The normalized spacial score (nSPS) is 10.4. The molecule has 0 spiro atoms. The number of hydrogen-bond donors (Lipinski definition) is 0. The van der Waals surface area contributed by atoms with Crippen molar-refractivity contribution in [2.75, 3.05) is 0 Å². The van der Waals surface area contributed by atoms with Crippen molar-refractivity contribution in [1.82, 2.24) is 0 Å². The second kappa shape index (κ2) is 4.67. The number of hydrogen-bond acceptors (Lipinski definition) is 0. The van der Waals surface area contributed by atoms with Crippen LogP contribution in [-0.4, -0.2) is 0 Å². The monoisotopic (exact) mass is 232 g/mol. The molecule has 0 aliphatic heterocycles. The molecule has 0 unspecified atom stereocenters. The number of nitrogens with zero attached hydrogens (tertiary/aromatic N) is 1. The van der Waals surface area contributed by atoms with Gasteiger partial charge in [0.15, 0.2) is 18.4 Å². The van der Waals surface area contributed by atoms with Crippen LogP contribution in [0.2, 0.25) is 5.02 Å². The first-order valence-electron chi connectivity index (χ1n) is 5.36. The van der Waals surface area contributed by atoms with E-state index in [2.05, 4.69) is 42.8 Å². The molecule has 82 valence electrons. The van der Waals surface area contributed by atoms with Gasteiger partial charge in [-0.2, -0.15) is 4.57 Å². The lowest BCUT2D eigenvalue weighted by atomic mass is 10.2. The summed E-state index contributed by atoms with van der Waals surface area (Å²) in [6.07, 6.45) is 2.12. The lowest BCUT2D eigenvalue weighted by Crippen LogP contribution is -2.37. The van der Waals surface area contributed by atoms with Crippen LogP contribution in [0.4, 0.5) is 0 Å². The van der Waals surface area contributed by atoms with Crippen LogP contribution in [0.1, 0.15) is 16.8 Å². The third kappa shape index (κ3) is 2.61. The van der Waals surface area contributed by atoms with E-state index in [1.165, 1.54) is 16.8 Å². The average molecular weight is 233 g/mol. The second-order valence-electron chi connectivity index (χ2n) is 4.10. The topological polar surface area (TPSA) is 3.88 Å². The largest absolute Gasteiger partial charge is 0.198 e. The van der Waals surface area contributed by atoms with Crippen LogP contribution >= 0.6 is 11.6 Å². The van der Waals surface area contributed by atoms with Gasteiger partial charge in [-0.05, 0) is 24.6 Å². The fourth-order valence-electron chi connectivity index (χ4n) is 1.80. The molecule has 1 heterocycles. The van der Waals surface area contributed by atoms with Crippen LogP contribution in [0.3, 0.4) is 0 Å². The van der Waals surface area contributed by atoms with Crippen molar-refractivity contribution in [3.05, 3.63) is 64.4 Å².